The predicted octanol–water partition coefficient (Wildman–Crippen LogP) is 4.93. The fourth-order valence-electron chi connectivity index (χ4n) is 3.91. The third kappa shape index (κ3) is 3.45. The average molecular weight is 419 g/mol. The molecule has 2 aromatic carbocycles. The second-order valence-electron chi connectivity index (χ2n) is 7.56. The molecule has 0 unspecified atom stereocenters. The van der Waals surface area contributed by atoms with Crippen LogP contribution in [0.4, 0.5) is 5.82 Å². The molecule has 1 amide bonds. The fraction of sp³-hybridized carbons (Fsp3) is 0.261. The zero-order valence-electron chi connectivity index (χ0n) is 16.9. The van der Waals surface area contributed by atoms with E-state index in [0.717, 1.165) is 34.5 Å². The summed E-state index contributed by atoms with van der Waals surface area (Å²) in [6.45, 7) is 1.90. The van der Waals surface area contributed by atoms with E-state index >= 15 is 0 Å². The van der Waals surface area contributed by atoms with Crippen molar-refractivity contribution in [3.8, 4) is 10.9 Å². The predicted molar refractivity (Wildman–Crippen MR) is 119 cm³/mol. The van der Waals surface area contributed by atoms with Gasteiger partial charge in [-0.2, -0.15) is 9.78 Å². The van der Waals surface area contributed by atoms with Crippen LogP contribution in [0.2, 0.25) is 0 Å². The maximum atomic E-state index is 13.0. The van der Waals surface area contributed by atoms with Crippen LogP contribution in [0.3, 0.4) is 0 Å². The molecule has 0 atom stereocenters. The van der Waals surface area contributed by atoms with E-state index in [1.165, 1.54) is 35.3 Å². The molecule has 4 aromatic rings. The van der Waals surface area contributed by atoms with Gasteiger partial charge in [-0.1, -0.05) is 17.4 Å². The molecule has 1 aliphatic carbocycles. The van der Waals surface area contributed by atoms with Crippen molar-refractivity contribution in [3.63, 3.8) is 0 Å². The number of rotatable bonds is 4. The third-order valence-corrected chi connectivity index (χ3v) is 6.44. The number of hydrogen-bond acceptors (Lipinski definition) is 5. The van der Waals surface area contributed by atoms with Crippen LogP contribution in [0.1, 0.15) is 40.0 Å². The van der Waals surface area contributed by atoms with E-state index in [9.17, 15) is 4.79 Å². The highest BCUT2D eigenvalue weighted by Gasteiger charge is 2.17. The average Bonchev–Trinajstić information content (AvgIpc) is 3.35. The minimum atomic E-state index is -0.132. The highest BCUT2D eigenvalue weighted by molar-refractivity contribution is 7.20. The Kier molecular flexibility index (Phi) is 4.75. The summed E-state index contributed by atoms with van der Waals surface area (Å²) in [6.07, 6.45) is 4.56. The van der Waals surface area contributed by atoms with Gasteiger partial charge in [0.05, 0.1) is 23.0 Å². The van der Waals surface area contributed by atoms with Crippen molar-refractivity contribution in [2.75, 3.05) is 12.4 Å². The number of carbonyl (C=O) groups is 1. The maximum Gasteiger partial charge on any atom is 0.256 e. The first kappa shape index (κ1) is 18.8. The summed E-state index contributed by atoms with van der Waals surface area (Å²) in [7, 11) is 1.65. The molecule has 0 saturated heterocycles. The van der Waals surface area contributed by atoms with Gasteiger partial charge in [0.15, 0.2) is 0 Å². The molecule has 0 radical (unpaired) electrons. The summed E-state index contributed by atoms with van der Waals surface area (Å²) in [5.41, 5.74) is 5.01. The molecule has 1 N–H and O–H groups in total. The number of methoxy groups -OCH3 is 1. The molecule has 0 fully saturated rings. The highest BCUT2D eigenvalue weighted by Crippen LogP contribution is 2.30. The standard InChI is InChI=1S/C23H22N4O2S/c1-14-11-21(25-22(28)17-8-7-15-5-3-4-6-16(15)12-17)27(26-14)23-24-19-10-9-18(29-2)13-20(19)30-23/h7-13H,3-6H2,1-2H3,(H,25,28). The second kappa shape index (κ2) is 7.57. The molecular weight excluding hydrogens is 396 g/mol. The molecule has 6 nitrogen and oxygen atoms in total. The summed E-state index contributed by atoms with van der Waals surface area (Å²) >= 11 is 1.51. The normalized spacial score (nSPS) is 13.3. The van der Waals surface area contributed by atoms with Crippen LogP contribution in [0.25, 0.3) is 15.3 Å². The van der Waals surface area contributed by atoms with Crippen LogP contribution in [0.15, 0.2) is 42.5 Å². The zero-order valence-corrected chi connectivity index (χ0v) is 17.8. The van der Waals surface area contributed by atoms with Gasteiger partial charge in [-0.05, 0) is 74.1 Å². The molecule has 30 heavy (non-hydrogen) atoms. The number of aryl methyl sites for hydroxylation is 3. The lowest BCUT2D eigenvalue weighted by molar-refractivity contribution is 0.102. The topological polar surface area (TPSA) is 69.0 Å². The Morgan fingerprint density at radius 1 is 1.10 bits per heavy atom. The van der Waals surface area contributed by atoms with Crippen LogP contribution in [0, 0.1) is 6.92 Å². The SMILES string of the molecule is COc1ccc2nc(-n3nc(C)cc3NC(=O)c3ccc4c(c3)CCCC4)sc2c1. The Morgan fingerprint density at radius 3 is 2.77 bits per heavy atom. The molecule has 0 saturated carbocycles. The first-order valence-corrected chi connectivity index (χ1v) is 10.9. The number of benzene rings is 2. The first-order valence-electron chi connectivity index (χ1n) is 10.1. The van der Waals surface area contributed by atoms with Gasteiger partial charge in [-0.15, -0.1) is 0 Å². The van der Waals surface area contributed by atoms with Crippen LogP contribution < -0.4 is 10.1 Å². The number of nitrogens with zero attached hydrogens (tertiary/aromatic N) is 3. The lowest BCUT2D eigenvalue weighted by Crippen LogP contribution is -2.16. The van der Waals surface area contributed by atoms with Crippen molar-refractivity contribution in [1.29, 1.82) is 0 Å². The summed E-state index contributed by atoms with van der Waals surface area (Å²) in [5, 5.41) is 8.28. The lowest BCUT2D eigenvalue weighted by Gasteiger charge is -2.16. The number of hydrogen-bond donors (Lipinski definition) is 1. The van der Waals surface area contributed by atoms with Crippen LogP contribution in [0.5, 0.6) is 5.75 Å². The zero-order chi connectivity index (χ0) is 20.7. The van der Waals surface area contributed by atoms with Crippen molar-refractivity contribution >= 4 is 33.3 Å². The Labute approximate surface area is 178 Å². The van der Waals surface area contributed by atoms with Crippen molar-refractivity contribution in [2.45, 2.75) is 32.6 Å². The van der Waals surface area contributed by atoms with Crippen molar-refractivity contribution in [2.24, 2.45) is 0 Å². The van der Waals surface area contributed by atoms with Crippen LogP contribution in [-0.2, 0) is 12.8 Å². The van der Waals surface area contributed by atoms with E-state index < -0.39 is 0 Å². The Hall–Kier alpha value is -3.19. The molecule has 2 heterocycles. The number of fused-ring (bicyclic) bond motifs is 2. The van der Waals surface area contributed by atoms with Gasteiger partial charge in [0.2, 0.25) is 5.13 Å². The molecule has 0 spiro atoms. The van der Waals surface area contributed by atoms with Gasteiger partial charge >= 0.3 is 0 Å². The highest BCUT2D eigenvalue weighted by atomic mass is 32.1. The smallest absolute Gasteiger partial charge is 0.256 e. The van der Waals surface area contributed by atoms with Crippen LogP contribution >= 0.6 is 11.3 Å². The number of aromatic nitrogens is 3. The number of anilines is 1. The summed E-state index contributed by atoms with van der Waals surface area (Å²) in [5.74, 6) is 1.27. The Morgan fingerprint density at radius 2 is 1.93 bits per heavy atom. The lowest BCUT2D eigenvalue weighted by atomic mass is 9.90. The minimum Gasteiger partial charge on any atom is -0.497 e. The summed E-state index contributed by atoms with van der Waals surface area (Å²) < 4.78 is 8.01. The first-order chi connectivity index (χ1) is 14.6. The van der Waals surface area contributed by atoms with E-state index in [2.05, 4.69) is 21.5 Å². The molecule has 1 aliphatic rings. The molecule has 0 bridgehead atoms. The molecular formula is C23H22N4O2S. The van der Waals surface area contributed by atoms with E-state index in [0.29, 0.717) is 16.5 Å². The van der Waals surface area contributed by atoms with E-state index in [1.54, 1.807) is 11.8 Å². The van der Waals surface area contributed by atoms with E-state index in [-0.39, 0.29) is 5.91 Å². The van der Waals surface area contributed by atoms with Gasteiger partial charge in [0, 0.05) is 11.6 Å². The summed E-state index contributed by atoms with van der Waals surface area (Å²) in [4.78, 5) is 17.6. The number of carbonyl (C=O) groups excluding carboxylic acids is 1. The molecule has 0 aliphatic heterocycles. The van der Waals surface area contributed by atoms with Crippen molar-refractivity contribution in [3.05, 3.63) is 64.8 Å². The summed E-state index contributed by atoms with van der Waals surface area (Å²) in [6, 6.07) is 13.7. The molecule has 7 heteroatoms. The largest absolute Gasteiger partial charge is 0.497 e. The Bertz CT molecular complexity index is 1260. The fourth-order valence-corrected chi connectivity index (χ4v) is 4.87. The number of thiazole rings is 1. The van der Waals surface area contributed by atoms with Crippen molar-refractivity contribution < 1.29 is 9.53 Å². The van der Waals surface area contributed by atoms with E-state index in [4.69, 9.17) is 4.74 Å². The Balaban J connectivity index is 1.46. The third-order valence-electron chi connectivity index (χ3n) is 5.45. The quantitative estimate of drug-likeness (QED) is 0.510. The minimum absolute atomic E-state index is 0.132. The van der Waals surface area contributed by atoms with Crippen LogP contribution in [-0.4, -0.2) is 27.8 Å². The van der Waals surface area contributed by atoms with Gasteiger partial charge in [0.1, 0.15) is 11.6 Å². The number of ether oxygens (including phenoxy) is 1. The number of amides is 1. The second-order valence-corrected chi connectivity index (χ2v) is 8.57. The van der Waals surface area contributed by atoms with Gasteiger partial charge in [-0.3, -0.25) is 4.79 Å². The molecule has 5 rings (SSSR count). The molecule has 2 aromatic heterocycles. The van der Waals surface area contributed by atoms with Crippen molar-refractivity contribution in [1.82, 2.24) is 14.8 Å². The van der Waals surface area contributed by atoms with Gasteiger partial charge < -0.3 is 10.1 Å². The monoisotopic (exact) mass is 418 g/mol. The maximum absolute atomic E-state index is 13.0. The van der Waals surface area contributed by atoms with Gasteiger partial charge in [0.25, 0.3) is 5.91 Å². The van der Waals surface area contributed by atoms with Gasteiger partial charge in [-0.25, -0.2) is 4.98 Å². The molecule has 152 valence electrons. The van der Waals surface area contributed by atoms with E-state index in [1.807, 2.05) is 43.3 Å². The number of nitrogens with one attached hydrogen (secondary N) is 1.